The summed E-state index contributed by atoms with van der Waals surface area (Å²) in [5.74, 6) is 1.67. The standard InChI is InChI=1S/C12H19N5/c1-5-13-8(2)7-11-15-16-12-14-9(3)6-10(4)17(11)12/h6,8,13H,5,7H2,1-4H3. The predicted molar refractivity (Wildman–Crippen MR) is 67.1 cm³/mol. The van der Waals surface area contributed by atoms with Crippen molar-refractivity contribution in [2.45, 2.75) is 40.2 Å². The molecule has 0 aliphatic carbocycles. The van der Waals surface area contributed by atoms with Gasteiger partial charge in [0.15, 0.2) is 0 Å². The number of nitrogens with zero attached hydrogens (tertiary/aromatic N) is 4. The Labute approximate surface area is 101 Å². The molecule has 1 unspecified atom stereocenters. The quantitative estimate of drug-likeness (QED) is 0.864. The zero-order valence-corrected chi connectivity index (χ0v) is 10.9. The highest BCUT2D eigenvalue weighted by molar-refractivity contribution is 5.32. The molecule has 0 aliphatic heterocycles. The van der Waals surface area contributed by atoms with Crippen LogP contribution in [0.4, 0.5) is 0 Å². The highest BCUT2D eigenvalue weighted by Crippen LogP contribution is 2.09. The van der Waals surface area contributed by atoms with E-state index in [-0.39, 0.29) is 0 Å². The molecule has 0 bridgehead atoms. The van der Waals surface area contributed by atoms with Crippen molar-refractivity contribution in [3.8, 4) is 0 Å². The van der Waals surface area contributed by atoms with E-state index in [0.717, 1.165) is 30.2 Å². The molecule has 17 heavy (non-hydrogen) atoms. The highest BCUT2D eigenvalue weighted by Gasteiger charge is 2.12. The average molecular weight is 233 g/mol. The Kier molecular flexibility index (Phi) is 3.38. The van der Waals surface area contributed by atoms with Gasteiger partial charge in [0.25, 0.3) is 5.78 Å². The Balaban J connectivity index is 2.36. The SMILES string of the molecule is CCNC(C)Cc1nnc2nc(C)cc(C)n12. The van der Waals surface area contributed by atoms with E-state index >= 15 is 0 Å². The molecule has 1 N–H and O–H groups in total. The van der Waals surface area contributed by atoms with Crippen LogP contribution < -0.4 is 5.32 Å². The highest BCUT2D eigenvalue weighted by atomic mass is 15.3. The Morgan fingerprint density at radius 3 is 2.82 bits per heavy atom. The van der Waals surface area contributed by atoms with Crippen molar-refractivity contribution in [2.24, 2.45) is 0 Å². The molecule has 2 rings (SSSR count). The lowest BCUT2D eigenvalue weighted by Crippen LogP contribution is -2.28. The number of aryl methyl sites for hydroxylation is 2. The van der Waals surface area contributed by atoms with Gasteiger partial charge in [-0.1, -0.05) is 6.92 Å². The second kappa shape index (κ2) is 4.79. The summed E-state index contributed by atoms with van der Waals surface area (Å²) in [5, 5.41) is 11.7. The largest absolute Gasteiger partial charge is 0.314 e. The van der Waals surface area contributed by atoms with Gasteiger partial charge in [-0.2, -0.15) is 0 Å². The number of hydrogen-bond acceptors (Lipinski definition) is 4. The lowest BCUT2D eigenvalue weighted by atomic mass is 10.2. The van der Waals surface area contributed by atoms with Gasteiger partial charge in [-0.05, 0) is 33.4 Å². The lowest BCUT2D eigenvalue weighted by molar-refractivity contribution is 0.549. The van der Waals surface area contributed by atoms with Gasteiger partial charge in [0.05, 0.1) is 0 Å². The number of aromatic nitrogens is 4. The molecule has 2 aromatic rings. The van der Waals surface area contributed by atoms with Gasteiger partial charge < -0.3 is 5.32 Å². The summed E-state index contributed by atoms with van der Waals surface area (Å²) in [6.45, 7) is 9.26. The van der Waals surface area contributed by atoms with Crippen LogP contribution in [0.2, 0.25) is 0 Å². The van der Waals surface area contributed by atoms with Gasteiger partial charge in [-0.25, -0.2) is 4.98 Å². The molecule has 0 aliphatic rings. The second-order valence-electron chi connectivity index (χ2n) is 4.45. The Morgan fingerprint density at radius 1 is 1.35 bits per heavy atom. The zero-order chi connectivity index (χ0) is 12.4. The fourth-order valence-electron chi connectivity index (χ4n) is 2.12. The van der Waals surface area contributed by atoms with E-state index in [0.29, 0.717) is 11.8 Å². The van der Waals surface area contributed by atoms with Gasteiger partial charge >= 0.3 is 0 Å². The predicted octanol–water partition coefficient (Wildman–Crippen LogP) is 1.28. The topological polar surface area (TPSA) is 55.1 Å². The molecule has 0 aromatic carbocycles. The van der Waals surface area contributed by atoms with Crippen molar-refractivity contribution in [1.82, 2.24) is 24.9 Å². The smallest absolute Gasteiger partial charge is 0.255 e. The summed E-state index contributed by atoms with van der Waals surface area (Å²) in [7, 11) is 0. The maximum atomic E-state index is 4.38. The van der Waals surface area contributed by atoms with E-state index in [1.54, 1.807) is 0 Å². The molecule has 5 nitrogen and oxygen atoms in total. The molecular formula is C12H19N5. The van der Waals surface area contributed by atoms with E-state index < -0.39 is 0 Å². The summed E-state index contributed by atoms with van der Waals surface area (Å²) >= 11 is 0. The van der Waals surface area contributed by atoms with Crippen LogP contribution in [0.1, 0.15) is 31.1 Å². The maximum absolute atomic E-state index is 4.38. The van der Waals surface area contributed by atoms with Crippen LogP contribution in [0.25, 0.3) is 5.78 Å². The van der Waals surface area contributed by atoms with Gasteiger partial charge in [0, 0.05) is 23.9 Å². The molecule has 2 aromatic heterocycles. The summed E-state index contributed by atoms with van der Waals surface area (Å²) < 4.78 is 2.03. The molecule has 0 fully saturated rings. The Bertz CT molecular complexity index is 517. The Hall–Kier alpha value is -1.49. The van der Waals surface area contributed by atoms with E-state index in [1.165, 1.54) is 0 Å². The van der Waals surface area contributed by atoms with Gasteiger partial charge in [0.2, 0.25) is 0 Å². The summed E-state index contributed by atoms with van der Waals surface area (Å²) in [4.78, 5) is 4.38. The van der Waals surface area contributed by atoms with Crippen LogP contribution in [-0.4, -0.2) is 32.2 Å². The van der Waals surface area contributed by atoms with E-state index in [4.69, 9.17) is 0 Å². The summed E-state index contributed by atoms with van der Waals surface area (Å²) in [6, 6.07) is 2.45. The van der Waals surface area contributed by atoms with Crippen molar-refractivity contribution in [3.05, 3.63) is 23.3 Å². The fourth-order valence-corrected chi connectivity index (χ4v) is 2.12. The molecule has 2 heterocycles. The second-order valence-corrected chi connectivity index (χ2v) is 4.45. The molecule has 0 spiro atoms. The molecule has 0 radical (unpaired) electrons. The minimum atomic E-state index is 0.396. The van der Waals surface area contributed by atoms with Crippen LogP contribution >= 0.6 is 0 Å². The summed E-state index contributed by atoms with van der Waals surface area (Å²) in [5.41, 5.74) is 2.12. The first-order chi connectivity index (χ1) is 8.11. The van der Waals surface area contributed by atoms with E-state index in [2.05, 4.69) is 47.3 Å². The number of hydrogen-bond donors (Lipinski definition) is 1. The fraction of sp³-hybridized carbons (Fsp3) is 0.583. The van der Waals surface area contributed by atoms with E-state index in [9.17, 15) is 0 Å². The minimum absolute atomic E-state index is 0.396. The molecule has 1 atom stereocenters. The van der Waals surface area contributed by atoms with Gasteiger partial charge in [0.1, 0.15) is 5.82 Å². The molecule has 5 heteroatoms. The van der Waals surface area contributed by atoms with Crippen molar-refractivity contribution in [1.29, 1.82) is 0 Å². The molecule has 0 amide bonds. The number of nitrogens with one attached hydrogen (secondary N) is 1. The molecule has 92 valence electrons. The normalized spacial score (nSPS) is 13.2. The summed E-state index contributed by atoms with van der Waals surface area (Å²) in [6.07, 6.45) is 0.862. The van der Waals surface area contributed by atoms with Crippen LogP contribution in [0.3, 0.4) is 0 Å². The first-order valence-corrected chi connectivity index (χ1v) is 6.03. The van der Waals surface area contributed by atoms with Crippen LogP contribution in [0.5, 0.6) is 0 Å². The number of fused-ring (bicyclic) bond motifs is 1. The Morgan fingerprint density at radius 2 is 2.12 bits per heavy atom. The third-order valence-corrected chi connectivity index (χ3v) is 2.80. The monoisotopic (exact) mass is 233 g/mol. The van der Waals surface area contributed by atoms with Gasteiger partial charge in [-0.15, -0.1) is 10.2 Å². The minimum Gasteiger partial charge on any atom is -0.314 e. The third kappa shape index (κ3) is 2.44. The van der Waals surface area contributed by atoms with Gasteiger partial charge in [-0.3, -0.25) is 4.40 Å². The maximum Gasteiger partial charge on any atom is 0.255 e. The first-order valence-electron chi connectivity index (χ1n) is 6.03. The zero-order valence-electron chi connectivity index (χ0n) is 10.9. The first kappa shape index (κ1) is 12.0. The van der Waals surface area contributed by atoms with Crippen molar-refractivity contribution < 1.29 is 0 Å². The van der Waals surface area contributed by atoms with Crippen LogP contribution in [0, 0.1) is 13.8 Å². The van der Waals surface area contributed by atoms with Crippen molar-refractivity contribution >= 4 is 5.78 Å². The van der Waals surface area contributed by atoms with Crippen LogP contribution in [-0.2, 0) is 6.42 Å². The van der Waals surface area contributed by atoms with Crippen molar-refractivity contribution in [3.63, 3.8) is 0 Å². The van der Waals surface area contributed by atoms with Crippen molar-refractivity contribution in [2.75, 3.05) is 6.54 Å². The lowest BCUT2D eigenvalue weighted by Gasteiger charge is -2.11. The molecular weight excluding hydrogens is 214 g/mol. The average Bonchev–Trinajstić information content (AvgIpc) is 2.61. The van der Waals surface area contributed by atoms with E-state index in [1.807, 2.05) is 11.3 Å². The van der Waals surface area contributed by atoms with Crippen LogP contribution in [0.15, 0.2) is 6.07 Å². The number of likely N-dealkylation sites (N-methyl/N-ethyl adjacent to an activating group) is 1. The third-order valence-electron chi connectivity index (χ3n) is 2.80. The number of rotatable bonds is 4. The molecule has 0 saturated heterocycles. The molecule has 0 saturated carbocycles.